The van der Waals surface area contributed by atoms with Gasteiger partial charge < -0.3 is 20.0 Å². The number of hydrogen-bond donors (Lipinski definition) is 1. The number of pyridine rings is 1. The molecule has 2 fully saturated rings. The number of likely N-dealkylation sites (N-methyl/N-ethyl adjacent to an activating group) is 1. The molecule has 24 heavy (non-hydrogen) atoms. The van der Waals surface area contributed by atoms with Crippen LogP contribution >= 0.6 is 0 Å². The second-order valence-corrected chi connectivity index (χ2v) is 6.71. The van der Waals surface area contributed by atoms with Crippen molar-refractivity contribution in [3.63, 3.8) is 0 Å². The van der Waals surface area contributed by atoms with Crippen molar-refractivity contribution in [2.75, 3.05) is 51.7 Å². The van der Waals surface area contributed by atoms with E-state index in [-0.39, 0.29) is 17.7 Å². The summed E-state index contributed by atoms with van der Waals surface area (Å²) in [6.45, 7) is 4.98. The van der Waals surface area contributed by atoms with Crippen molar-refractivity contribution in [2.24, 2.45) is 5.92 Å². The third-order valence-electron chi connectivity index (χ3n) is 4.82. The molecular formula is C17H25N5O2. The van der Waals surface area contributed by atoms with Gasteiger partial charge in [-0.25, -0.2) is 4.98 Å². The van der Waals surface area contributed by atoms with Crippen LogP contribution in [0, 0.1) is 5.92 Å². The van der Waals surface area contributed by atoms with Gasteiger partial charge in [-0.3, -0.25) is 9.59 Å². The Morgan fingerprint density at radius 3 is 2.71 bits per heavy atom. The maximum atomic E-state index is 12.2. The second-order valence-electron chi connectivity index (χ2n) is 6.71. The zero-order valence-electron chi connectivity index (χ0n) is 14.4. The number of aromatic nitrogens is 1. The van der Waals surface area contributed by atoms with E-state index in [4.69, 9.17) is 0 Å². The van der Waals surface area contributed by atoms with E-state index in [0.29, 0.717) is 19.5 Å². The number of anilines is 1. The number of rotatable bonds is 4. The molecule has 2 amide bonds. The molecule has 0 radical (unpaired) electrons. The molecule has 0 aliphatic carbocycles. The lowest BCUT2D eigenvalue weighted by Gasteiger charge is -2.33. The fraction of sp³-hybridized carbons (Fsp3) is 0.588. The number of amides is 2. The van der Waals surface area contributed by atoms with E-state index >= 15 is 0 Å². The van der Waals surface area contributed by atoms with E-state index in [0.717, 1.165) is 37.6 Å². The number of nitrogens with one attached hydrogen (secondary N) is 1. The van der Waals surface area contributed by atoms with Gasteiger partial charge in [0.2, 0.25) is 11.8 Å². The van der Waals surface area contributed by atoms with Gasteiger partial charge in [-0.15, -0.1) is 0 Å². The summed E-state index contributed by atoms with van der Waals surface area (Å²) in [7, 11) is 3.86. The van der Waals surface area contributed by atoms with Gasteiger partial charge >= 0.3 is 0 Å². The van der Waals surface area contributed by atoms with Crippen LogP contribution in [-0.4, -0.2) is 73.4 Å². The summed E-state index contributed by atoms with van der Waals surface area (Å²) >= 11 is 0. The molecule has 0 bridgehead atoms. The van der Waals surface area contributed by atoms with Gasteiger partial charge in [-0.05, 0) is 24.7 Å². The van der Waals surface area contributed by atoms with Crippen LogP contribution in [-0.2, 0) is 16.1 Å². The maximum Gasteiger partial charge on any atom is 0.225 e. The van der Waals surface area contributed by atoms with Crippen LogP contribution in [0.1, 0.15) is 12.0 Å². The van der Waals surface area contributed by atoms with Gasteiger partial charge in [0.1, 0.15) is 5.82 Å². The molecule has 0 spiro atoms. The normalized spacial score (nSPS) is 22.1. The Morgan fingerprint density at radius 1 is 1.29 bits per heavy atom. The molecule has 0 aromatic carbocycles. The summed E-state index contributed by atoms with van der Waals surface area (Å²) in [5.41, 5.74) is 1.03. The largest absolute Gasteiger partial charge is 0.354 e. The summed E-state index contributed by atoms with van der Waals surface area (Å²) in [4.78, 5) is 34.4. The van der Waals surface area contributed by atoms with Crippen LogP contribution in [0.5, 0.6) is 0 Å². The molecule has 3 heterocycles. The van der Waals surface area contributed by atoms with Crippen molar-refractivity contribution < 1.29 is 9.59 Å². The number of carbonyl (C=O) groups excluding carboxylic acids is 2. The molecule has 1 aromatic heterocycles. The van der Waals surface area contributed by atoms with Gasteiger partial charge in [0.15, 0.2) is 0 Å². The van der Waals surface area contributed by atoms with Gasteiger partial charge in [-0.1, -0.05) is 0 Å². The predicted octanol–water partition coefficient (Wildman–Crippen LogP) is -0.0721. The molecule has 0 unspecified atom stereocenters. The summed E-state index contributed by atoms with van der Waals surface area (Å²) in [5, 5.41) is 2.95. The summed E-state index contributed by atoms with van der Waals surface area (Å²) < 4.78 is 0. The molecule has 1 N–H and O–H groups in total. The summed E-state index contributed by atoms with van der Waals surface area (Å²) in [5.74, 6) is 0.717. The van der Waals surface area contributed by atoms with Crippen LogP contribution in [0.25, 0.3) is 0 Å². The van der Waals surface area contributed by atoms with Gasteiger partial charge in [-0.2, -0.15) is 0 Å². The smallest absolute Gasteiger partial charge is 0.225 e. The molecule has 2 saturated heterocycles. The number of piperazine rings is 1. The highest BCUT2D eigenvalue weighted by Crippen LogP contribution is 2.17. The molecule has 2 aliphatic heterocycles. The van der Waals surface area contributed by atoms with Crippen molar-refractivity contribution >= 4 is 17.6 Å². The highest BCUT2D eigenvalue weighted by Gasteiger charge is 2.31. The van der Waals surface area contributed by atoms with Crippen LogP contribution in [0.2, 0.25) is 0 Å². The lowest BCUT2D eigenvalue weighted by molar-refractivity contribution is -0.128. The SMILES string of the molecule is CN1CCN(c2cc(CNC(=O)[C@H]3CC(=O)N(C)C3)ccn2)CC1. The topological polar surface area (TPSA) is 68.8 Å². The lowest BCUT2D eigenvalue weighted by atomic mass is 10.1. The Hall–Kier alpha value is -2.15. The molecule has 7 heteroatoms. The fourth-order valence-corrected chi connectivity index (χ4v) is 3.15. The maximum absolute atomic E-state index is 12.2. The van der Waals surface area contributed by atoms with E-state index < -0.39 is 0 Å². The molecule has 1 atom stereocenters. The summed E-state index contributed by atoms with van der Waals surface area (Å²) in [6, 6.07) is 3.96. The Kier molecular flexibility index (Phi) is 4.99. The Balaban J connectivity index is 1.55. The van der Waals surface area contributed by atoms with Gasteiger partial charge in [0.05, 0.1) is 5.92 Å². The van der Waals surface area contributed by atoms with E-state index in [9.17, 15) is 9.59 Å². The minimum atomic E-state index is -0.235. The van der Waals surface area contributed by atoms with E-state index in [1.54, 1.807) is 18.1 Å². The van der Waals surface area contributed by atoms with Crippen LogP contribution in [0.15, 0.2) is 18.3 Å². The van der Waals surface area contributed by atoms with Gasteiger partial charge in [0, 0.05) is 58.9 Å². The molecule has 0 saturated carbocycles. The van der Waals surface area contributed by atoms with Crippen molar-refractivity contribution in [1.82, 2.24) is 20.1 Å². The van der Waals surface area contributed by atoms with E-state index in [1.807, 2.05) is 12.1 Å². The van der Waals surface area contributed by atoms with Crippen molar-refractivity contribution in [3.05, 3.63) is 23.9 Å². The highest BCUT2D eigenvalue weighted by molar-refractivity contribution is 5.89. The quantitative estimate of drug-likeness (QED) is 0.836. The number of likely N-dealkylation sites (tertiary alicyclic amines) is 1. The minimum Gasteiger partial charge on any atom is -0.354 e. The third-order valence-corrected chi connectivity index (χ3v) is 4.82. The van der Waals surface area contributed by atoms with E-state index in [2.05, 4.69) is 27.1 Å². The third kappa shape index (κ3) is 3.84. The Labute approximate surface area is 142 Å². The standard InChI is InChI=1S/C17H25N5O2/c1-20-5-7-22(8-6-20)15-9-13(3-4-18-15)11-19-17(24)14-10-16(23)21(2)12-14/h3-4,9,14H,5-8,10-12H2,1-2H3,(H,19,24)/t14-/m0/s1. The first-order valence-electron chi connectivity index (χ1n) is 8.43. The Morgan fingerprint density at radius 2 is 2.04 bits per heavy atom. The molecular weight excluding hydrogens is 306 g/mol. The average Bonchev–Trinajstić information content (AvgIpc) is 2.93. The first-order chi connectivity index (χ1) is 11.5. The fourth-order valence-electron chi connectivity index (χ4n) is 3.15. The molecule has 3 rings (SSSR count). The monoisotopic (exact) mass is 331 g/mol. The first-order valence-corrected chi connectivity index (χ1v) is 8.43. The lowest BCUT2D eigenvalue weighted by Crippen LogP contribution is -2.44. The van der Waals surface area contributed by atoms with Crippen molar-refractivity contribution in [1.29, 1.82) is 0 Å². The molecule has 7 nitrogen and oxygen atoms in total. The van der Waals surface area contributed by atoms with Crippen molar-refractivity contribution in [3.8, 4) is 0 Å². The average molecular weight is 331 g/mol. The number of nitrogens with zero attached hydrogens (tertiary/aromatic N) is 4. The zero-order valence-corrected chi connectivity index (χ0v) is 14.4. The number of hydrogen-bond acceptors (Lipinski definition) is 5. The van der Waals surface area contributed by atoms with Crippen molar-refractivity contribution in [2.45, 2.75) is 13.0 Å². The number of carbonyl (C=O) groups is 2. The minimum absolute atomic E-state index is 0.0383. The predicted molar refractivity (Wildman–Crippen MR) is 91.5 cm³/mol. The van der Waals surface area contributed by atoms with Crippen LogP contribution in [0.3, 0.4) is 0 Å². The summed E-state index contributed by atoms with van der Waals surface area (Å²) in [6.07, 6.45) is 2.10. The van der Waals surface area contributed by atoms with Crippen LogP contribution in [0.4, 0.5) is 5.82 Å². The first kappa shape index (κ1) is 16.7. The highest BCUT2D eigenvalue weighted by atomic mass is 16.2. The second kappa shape index (κ2) is 7.17. The van der Waals surface area contributed by atoms with Crippen LogP contribution < -0.4 is 10.2 Å². The van der Waals surface area contributed by atoms with E-state index in [1.165, 1.54) is 0 Å². The van der Waals surface area contributed by atoms with Gasteiger partial charge in [0.25, 0.3) is 0 Å². The molecule has 2 aliphatic rings. The molecule has 1 aromatic rings. The zero-order chi connectivity index (χ0) is 17.1. The molecule has 130 valence electrons. The Bertz CT molecular complexity index is 613.